The molecule has 0 atom stereocenters. The Hall–Kier alpha value is -1.55. The molecule has 0 radical (unpaired) electrons. The zero-order chi connectivity index (χ0) is 13.2. The Kier molecular flexibility index (Phi) is 3.42. The first kappa shape index (κ1) is 12.5. The predicted octanol–water partition coefficient (Wildman–Crippen LogP) is 3.19. The Morgan fingerprint density at radius 1 is 1.32 bits per heavy atom. The van der Waals surface area contributed by atoms with Crippen LogP contribution in [-0.4, -0.2) is 14.8 Å². The highest BCUT2D eigenvalue weighted by Crippen LogP contribution is 2.23. The van der Waals surface area contributed by atoms with E-state index in [4.69, 9.17) is 11.6 Å². The average molecular weight is 277 g/mol. The minimum absolute atomic E-state index is 0.663. The highest BCUT2D eigenvalue weighted by molar-refractivity contribution is 6.33. The first-order chi connectivity index (χ1) is 9.24. The van der Waals surface area contributed by atoms with Gasteiger partial charge in [0.25, 0.3) is 0 Å². The Balaban J connectivity index is 1.75. The fourth-order valence-electron chi connectivity index (χ4n) is 2.45. The van der Waals surface area contributed by atoms with Gasteiger partial charge in [0, 0.05) is 13.0 Å². The molecule has 19 heavy (non-hydrogen) atoms. The van der Waals surface area contributed by atoms with Crippen LogP contribution in [0.4, 0.5) is 5.69 Å². The molecule has 0 unspecified atom stereocenters. The summed E-state index contributed by atoms with van der Waals surface area (Å²) in [4.78, 5) is 0. The second-order valence-electron chi connectivity index (χ2n) is 4.98. The fraction of sp³-hybridized carbons (Fsp3) is 0.429. The van der Waals surface area contributed by atoms with Crippen molar-refractivity contribution in [2.45, 2.75) is 39.3 Å². The number of anilines is 1. The number of fused-ring (bicyclic) bond motifs is 1. The van der Waals surface area contributed by atoms with Crippen molar-refractivity contribution in [3.05, 3.63) is 40.4 Å². The molecule has 1 aliphatic heterocycles. The van der Waals surface area contributed by atoms with Crippen molar-refractivity contribution < 1.29 is 0 Å². The molecule has 4 nitrogen and oxygen atoms in total. The molecule has 2 aromatic rings. The molecule has 0 spiro atoms. The number of aryl methyl sites for hydroxylation is 2. The van der Waals surface area contributed by atoms with Crippen LogP contribution in [0, 0.1) is 6.92 Å². The van der Waals surface area contributed by atoms with E-state index in [2.05, 4.69) is 33.1 Å². The van der Waals surface area contributed by atoms with Crippen molar-refractivity contribution in [3.63, 3.8) is 0 Å². The molecule has 3 rings (SSSR count). The molecule has 1 aromatic heterocycles. The summed E-state index contributed by atoms with van der Waals surface area (Å²) in [6.07, 6.45) is 3.47. The summed E-state index contributed by atoms with van der Waals surface area (Å²) < 4.78 is 2.22. The first-order valence-corrected chi connectivity index (χ1v) is 7.03. The van der Waals surface area contributed by atoms with Crippen LogP contribution in [-0.2, 0) is 19.5 Å². The van der Waals surface area contributed by atoms with Crippen LogP contribution in [0.3, 0.4) is 0 Å². The van der Waals surface area contributed by atoms with Gasteiger partial charge in [0.05, 0.1) is 17.3 Å². The summed E-state index contributed by atoms with van der Waals surface area (Å²) in [6.45, 7) is 3.75. The number of nitrogens with one attached hydrogen (secondary N) is 1. The van der Waals surface area contributed by atoms with Crippen molar-refractivity contribution in [1.82, 2.24) is 14.8 Å². The van der Waals surface area contributed by atoms with Crippen LogP contribution < -0.4 is 5.32 Å². The van der Waals surface area contributed by atoms with Gasteiger partial charge in [-0.15, -0.1) is 10.2 Å². The molecule has 0 amide bonds. The van der Waals surface area contributed by atoms with Gasteiger partial charge in [-0.1, -0.05) is 17.7 Å². The van der Waals surface area contributed by atoms with Crippen molar-refractivity contribution in [2.75, 3.05) is 5.32 Å². The molecular weight excluding hydrogens is 260 g/mol. The third kappa shape index (κ3) is 2.59. The molecule has 0 saturated carbocycles. The fourth-order valence-corrected chi connectivity index (χ4v) is 2.63. The van der Waals surface area contributed by atoms with E-state index in [1.165, 1.54) is 18.4 Å². The van der Waals surface area contributed by atoms with E-state index >= 15 is 0 Å². The highest BCUT2D eigenvalue weighted by Gasteiger charge is 2.15. The van der Waals surface area contributed by atoms with Crippen LogP contribution >= 0.6 is 11.6 Å². The third-order valence-corrected chi connectivity index (χ3v) is 3.82. The zero-order valence-corrected chi connectivity index (χ0v) is 11.7. The normalized spacial score (nSPS) is 14.2. The zero-order valence-electron chi connectivity index (χ0n) is 11.0. The van der Waals surface area contributed by atoms with Gasteiger partial charge < -0.3 is 9.88 Å². The number of hydrogen-bond donors (Lipinski definition) is 1. The van der Waals surface area contributed by atoms with Crippen molar-refractivity contribution in [1.29, 1.82) is 0 Å². The largest absolute Gasteiger partial charge is 0.377 e. The number of aromatic nitrogens is 3. The summed E-state index contributed by atoms with van der Waals surface area (Å²) in [6, 6.07) is 5.97. The molecule has 0 bridgehead atoms. The summed E-state index contributed by atoms with van der Waals surface area (Å²) >= 11 is 6.17. The highest BCUT2D eigenvalue weighted by atomic mass is 35.5. The summed E-state index contributed by atoms with van der Waals surface area (Å²) in [7, 11) is 0. The number of nitrogens with zero attached hydrogens (tertiary/aromatic N) is 3. The molecule has 1 N–H and O–H groups in total. The Morgan fingerprint density at radius 3 is 3.11 bits per heavy atom. The van der Waals surface area contributed by atoms with E-state index in [-0.39, 0.29) is 0 Å². The predicted molar refractivity (Wildman–Crippen MR) is 76.5 cm³/mol. The molecule has 0 fully saturated rings. The van der Waals surface area contributed by atoms with Gasteiger partial charge in [0.2, 0.25) is 0 Å². The van der Waals surface area contributed by atoms with E-state index in [1.54, 1.807) is 0 Å². The van der Waals surface area contributed by atoms with Crippen molar-refractivity contribution >= 4 is 17.3 Å². The van der Waals surface area contributed by atoms with Gasteiger partial charge in [-0.05, 0) is 37.5 Å². The van der Waals surface area contributed by atoms with Gasteiger partial charge >= 0.3 is 0 Å². The van der Waals surface area contributed by atoms with Crippen LogP contribution in [0.5, 0.6) is 0 Å². The number of rotatable bonds is 3. The summed E-state index contributed by atoms with van der Waals surface area (Å²) in [5, 5.41) is 12.6. The molecule has 100 valence electrons. The maximum absolute atomic E-state index is 6.17. The quantitative estimate of drug-likeness (QED) is 0.936. The van der Waals surface area contributed by atoms with Crippen molar-refractivity contribution in [3.8, 4) is 0 Å². The standard InChI is InChI=1S/C14H17ClN4/c1-10-5-6-11(15)12(8-10)16-9-14-18-17-13-4-2-3-7-19(13)14/h5-6,8,16H,2-4,7,9H2,1H3. The molecule has 1 aromatic carbocycles. The van der Waals surface area contributed by atoms with E-state index in [0.29, 0.717) is 6.54 Å². The average Bonchev–Trinajstić information content (AvgIpc) is 2.83. The molecule has 0 saturated heterocycles. The monoisotopic (exact) mass is 276 g/mol. The Labute approximate surface area is 117 Å². The number of halogens is 1. The van der Waals surface area contributed by atoms with Gasteiger partial charge in [0.15, 0.2) is 5.82 Å². The minimum Gasteiger partial charge on any atom is -0.377 e. The van der Waals surface area contributed by atoms with E-state index in [0.717, 1.165) is 35.3 Å². The van der Waals surface area contributed by atoms with Crippen LogP contribution in [0.25, 0.3) is 0 Å². The second-order valence-corrected chi connectivity index (χ2v) is 5.39. The van der Waals surface area contributed by atoms with Gasteiger partial charge in [0.1, 0.15) is 5.82 Å². The lowest BCUT2D eigenvalue weighted by Crippen LogP contribution is -2.15. The van der Waals surface area contributed by atoms with Gasteiger partial charge in [-0.3, -0.25) is 0 Å². The van der Waals surface area contributed by atoms with Crippen LogP contribution in [0.2, 0.25) is 5.02 Å². The third-order valence-electron chi connectivity index (χ3n) is 3.49. The molecule has 2 heterocycles. The lowest BCUT2D eigenvalue weighted by atomic mass is 10.1. The van der Waals surface area contributed by atoms with Crippen molar-refractivity contribution in [2.24, 2.45) is 0 Å². The second kappa shape index (κ2) is 5.21. The Morgan fingerprint density at radius 2 is 2.21 bits per heavy atom. The van der Waals surface area contributed by atoms with Gasteiger partial charge in [-0.25, -0.2) is 0 Å². The maximum atomic E-state index is 6.17. The van der Waals surface area contributed by atoms with Crippen LogP contribution in [0.15, 0.2) is 18.2 Å². The van der Waals surface area contributed by atoms with E-state index in [9.17, 15) is 0 Å². The lowest BCUT2D eigenvalue weighted by molar-refractivity contribution is 0.510. The van der Waals surface area contributed by atoms with E-state index < -0.39 is 0 Å². The maximum Gasteiger partial charge on any atom is 0.152 e. The topological polar surface area (TPSA) is 42.7 Å². The molecule has 5 heteroatoms. The number of benzene rings is 1. The van der Waals surface area contributed by atoms with Gasteiger partial charge in [-0.2, -0.15) is 0 Å². The summed E-state index contributed by atoms with van der Waals surface area (Å²) in [5.41, 5.74) is 2.14. The molecule has 0 aliphatic carbocycles. The molecular formula is C14H17ClN4. The summed E-state index contributed by atoms with van der Waals surface area (Å²) in [5.74, 6) is 2.10. The number of hydrogen-bond acceptors (Lipinski definition) is 3. The van der Waals surface area contributed by atoms with E-state index in [1.807, 2.05) is 12.1 Å². The minimum atomic E-state index is 0.663. The lowest BCUT2D eigenvalue weighted by Gasteiger charge is -2.15. The smallest absolute Gasteiger partial charge is 0.152 e. The Bertz CT molecular complexity index is 591. The SMILES string of the molecule is Cc1ccc(Cl)c(NCc2nnc3n2CCCC3)c1. The molecule has 1 aliphatic rings. The van der Waals surface area contributed by atoms with Crippen LogP contribution in [0.1, 0.15) is 30.1 Å². The first-order valence-electron chi connectivity index (χ1n) is 6.65.